The molecule has 2 aromatic carbocycles. The summed E-state index contributed by atoms with van der Waals surface area (Å²) >= 11 is 0. The number of carbonyl (C=O) groups excluding carboxylic acids is 3. The molecule has 1 spiro atoms. The summed E-state index contributed by atoms with van der Waals surface area (Å²) in [5, 5.41) is 2.89. The molecule has 0 aliphatic carbocycles. The maximum absolute atomic E-state index is 13.7. The van der Waals surface area contributed by atoms with Gasteiger partial charge in [0.25, 0.3) is 11.8 Å². The Bertz CT molecular complexity index is 1140. The zero-order chi connectivity index (χ0) is 26.0. The number of hydrogen-bond donors (Lipinski definition) is 1. The molecule has 3 fully saturated rings. The van der Waals surface area contributed by atoms with Crippen molar-refractivity contribution in [2.75, 3.05) is 32.8 Å². The average molecular weight is 514 g/mol. The van der Waals surface area contributed by atoms with Crippen molar-refractivity contribution in [3.63, 3.8) is 0 Å². The van der Waals surface area contributed by atoms with E-state index in [0.29, 0.717) is 31.6 Å². The van der Waals surface area contributed by atoms with Crippen molar-refractivity contribution in [3.8, 4) is 0 Å². The van der Waals surface area contributed by atoms with Crippen LogP contribution in [0.1, 0.15) is 46.4 Å². The summed E-state index contributed by atoms with van der Waals surface area (Å²) < 4.78 is 38.6. The van der Waals surface area contributed by atoms with E-state index in [1.807, 2.05) is 0 Å². The van der Waals surface area contributed by atoms with E-state index < -0.39 is 29.3 Å². The topological polar surface area (TPSA) is 88.2 Å². The Balaban J connectivity index is 1.34. The molecular weight excluding hydrogens is 484 g/mol. The summed E-state index contributed by atoms with van der Waals surface area (Å²) in [5.74, 6) is -1.91. The van der Waals surface area contributed by atoms with Gasteiger partial charge >= 0.3 is 0 Å². The van der Waals surface area contributed by atoms with Crippen LogP contribution < -0.4 is 5.32 Å². The molecular formula is C27H29F2N3O5. The number of benzene rings is 2. The molecule has 0 aromatic heterocycles. The van der Waals surface area contributed by atoms with Gasteiger partial charge in [0.1, 0.15) is 23.4 Å². The van der Waals surface area contributed by atoms with Crippen LogP contribution in [0.2, 0.25) is 0 Å². The zero-order valence-corrected chi connectivity index (χ0v) is 20.3. The number of likely N-dealkylation sites (tertiary alicyclic amines) is 1. The Labute approximate surface area is 213 Å². The summed E-state index contributed by atoms with van der Waals surface area (Å²) in [7, 11) is 0. The van der Waals surface area contributed by atoms with E-state index >= 15 is 0 Å². The van der Waals surface area contributed by atoms with Crippen LogP contribution in [0.25, 0.3) is 0 Å². The highest BCUT2D eigenvalue weighted by atomic mass is 19.1. The molecule has 1 N–H and O–H groups in total. The lowest BCUT2D eigenvalue weighted by Crippen LogP contribution is -2.60. The predicted octanol–water partition coefficient (Wildman–Crippen LogP) is 2.73. The molecule has 3 aliphatic rings. The van der Waals surface area contributed by atoms with Gasteiger partial charge in [0.15, 0.2) is 0 Å². The maximum Gasteiger partial charge on any atom is 0.256 e. The van der Waals surface area contributed by atoms with Crippen molar-refractivity contribution >= 4 is 17.7 Å². The third-order valence-electron chi connectivity index (χ3n) is 7.32. The average Bonchev–Trinajstić information content (AvgIpc) is 3.56. The van der Waals surface area contributed by atoms with Crippen LogP contribution in [0.3, 0.4) is 0 Å². The van der Waals surface area contributed by atoms with E-state index in [9.17, 15) is 23.2 Å². The van der Waals surface area contributed by atoms with Crippen LogP contribution in [0.4, 0.5) is 8.78 Å². The molecule has 10 heteroatoms. The number of rotatable bonds is 5. The van der Waals surface area contributed by atoms with Crippen molar-refractivity contribution in [2.24, 2.45) is 0 Å². The van der Waals surface area contributed by atoms with E-state index in [-0.39, 0.29) is 43.2 Å². The van der Waals surface area contributed by atoms with Gasteiger partial charge in [-0.1, -0.05) is 0 Å². The molecule has 2 aromatic rings. The molecule has 0 bridgehead atoms. The molecule has 0 radical (unpaired) electrons. The van der Waals surface area contributed by atoms with E-state index in [1.165, 1.54) is 53.4 Å². The van der Waals surface area contributed by atoms with Gasteiger partial charge in [-0.2, -0.15) is 0 Å². The summed E-state index contributed by atoms with van der Waals surface area (Å²) in [6.07, 6.45) is 2.34. The maximum atomic E-state index is 13.7. The minimum absolute atomic E-state index is 0.0101. The number of nitrogens with zero attached hydrogens (tertiary/aromatic N) is 2. The first-order chi connectivity index (χ1) is 17.9. The number of ether oxygens (including phenoxy) is 2. The Kier molecular flexibility index (Phi) is 7.21. The summed E-state index contributed by atoms with van der Waals surface area (Å²) in [6.45, 7) is 1.59. The highest BCUT2D eigenvalue weighted by Gasteiger charge is 2.54. The second kappa shape index (κ2) is 10.5. The smallest absolute Gasteiger partial charge is 0.256 e. The first kappa shape index (κ1) is 25.3. The lowest BCUT2D eigenvalue weighted by Gasteiger charge is -2.44. The standard InChI is InChI=1S/C27H29F2N3O5/c28-20-7-3-18(4-8-20)25(34)31-13-11-27(12-14-31)32(26(35)19-5-9-21(29)10-6-19)23(17-37-27)24(33)30-16-22-2-1-15-36-22/h3-10,22-23H,1-2,11-17H2,(H,30,33)/t22-,23-/m1/s1. The zero-order valence-electron chi connectivity index (χ0n) is 20.3. The predicted molar refractivity (Wildman–Crippen MR) is 129 cm³/mol. The van der Waals surface area contributed by atoms with Gasteiger partial charge in [0.2, 0.25) is 5.91 Å². The Morgan fingerprint density at radius 1 is 0.919 bits per heavy atom. The van der Waals surface area contributed by atoms with Crippen molar-refractivity contribution in [3.05, 3.63) is 71.3 Å². The Hall–Kier alpha value is -3.37. The molecule has 5 rings (SSSR count). The first-order valence-corrected chi connectivity index (χ1v) is 12.5. The number of piperidine rings is 1. The van der Waals surface area contributed by atoms with E-state index in [2.05, 4.69) is 5.32 Å². The first-order valence-electron chi connectivity index (χ1n) is 12.5. The fraction of sp³-hybridized carbons (Fsp3) is 0.444. The van der Waals surface area contributed by atoms with Crippen molar-refractivity contribution in [1.82, 2.24) is 15.1 Å². The van der Waals surface area contributed by atoms with Gasteiger partial charge in [-0.3, -0.25) is 19.3 Å². The fourth-order valence-electron chi connectivity index (χ4n) is 5.27. The highest BCUT2D eigenvalue weighted by Crippen LogP contribution is 2.39. The molecule has 3 heterocycles. The van der Waals surface area contributed by atoms with Crippen LogP contribution in [-0.2, 0) is 14.3 Å². The van der Waals surface area contributed by atoms with Crippen molar-refractivity contribution in [1.29, 1.82) is 0 Å². The summed E-state index contributed by atoms with van der Waals surface area (Å²) in [6, 6.07) is 9.65. The second-order valence-electron chi connectivity index (χ2n) is 9.63. The Morgan fingerprint density at radius 3 is 2.08 bits per heavy atom. The Morgan fingerprint density at radius 2 is 1.51 bits per heavy atom. The van der Waals surface area contributed by atoms with Crippen LogP contribution in [0.15, 0.2) is 48.5 Å². The largest absolute Gasteiger partial charge is 0.376 e. The molecule has 196 valence electrons. The van der Waals surface area contributed by atoms with E-state index in [1.54, 1.807) is 4.90 Å². The second-order valence-corrected chi connectivity index (χ2v) is 9.63. The number of carbonyl (C=O) groups is 3. The highest BCUT2D eigenvalue weighted by molar-refractivity contribution is 5.98. The minimum Gasteiger partial charge on any atom is -0.376 e. The van der Waals surface area contributed by atoms with Crippen LogP contribution >= 0.6 is 0 Å². The molecule has 3 amide bonds. The minimum atomic E-state index is -1.09. The van der Waals surface area contributed by atoms with Crippen LogP contribution in [-0.4, -0.2) is 78.2 Å². The molecule has 3 saturated heterocycles. The lowest BCUT2D eigenvalue weighted by molar-refractivity contribution is -0.128. The summed E-state index contributed by atoms with van der Waals surface area (Å²) in [4.78, 5) is 42.9. The molecule has 2 atom stereocenters. The third kappa shape index (κ3) is 5.21. The lowest BCUT2D eigenvalue weighted by atomic mass is 9.96. The van der Waals surface area contributed by atoms with Crippen molar-refractivity contribution in [2.45, 2.75) is 43.6 Å². The third-order valence-corrected chi connectivity index (χ3v) is 7.32. The van der Waals surface area contributed by atoms with Gasteiger partial charge < -0.3 is 19.7 Å². The molecule has 0 saturated carbocycles. The van der Waals surface area contributed by atoms with Crippen LogP contribution in [0.5, 0.6) is 0 Å². The number of amides is 3. The number of hydrogen-bond acceptors (Lipinski definition) is 5. The monoisotopic (exact) mass is 513 g/mol. The summed E-state index contributed by atoms with van der Waals surface area (Å²) in [5.41, 5.74) is -0.472. The SMILES string of the molecule is O=C(NC[C@H]1CCCO1)[C@H]1COC2(CCN(C(=O)c3ccc(F)cc3)CC2)N1C(=O)c1ccc(F)cc1. The van der Waals surface area contributed by atoms with E-state index in [0.717, 1.165) is 12.8 Å². The molecule has 0 unspecified atom stereocenters. The van der Waals surface area contributed by atoms with Gasteiger partial charge in [0, 0.05) is 50.2 Å². The molecule has 3 aliphatic heterocycles. The van der Waals surface area contributed by atoms with Crippen molar-refractivity contribution < 1.29 is 32.6 Å². The van der Waals surface area contributed by atoms with Gasteiger partial charge in [-0.05, 0) is 61.4 Å². The number of halogens is 2. The van der Waals surface area contributed by atoms with Crippen LogP contribution in [0, 0.1) is 11.6 Å². The fourth-order valence-corrected chi connectivity index (χ4v) is 5.27. The van der Waals surface area contributed by atoms with Gasteiger partial charge in [-0.15, -0.1) is 0 Å². The number of nitrogens with one attached hydrogen (secondary N) is 1. The normalized spacial score (nSPS) is 22.9. The molecule has 8 nitrogen and oxygen atoms in total. The molecule has 37 heavy (non-hydrogen) atoms. The van der Waals surface area contributed by atoms with E-state index in [4.69, 9.17) is 9.47 Å². The van der Waals surface area contributed by atoms with Gasteiger partial charge in [-0.25, -0.2) is 8.78 Å². The quantitative estimate of drug-likeness (QED) is 0.665. The van der Waals surface area contributed by atoms with Gasteiger partial charge in [0.05, 0.1) is 12.7 Å².